The Bertz CT molecular complexity index is 1020. The fourth-order valence-electron chi connectivity index (χ4n) is 3.27. The number of nitrogens with zero attached hydrogens (tertiary/aromatic N) is 1. The van der Waals surface area contributed by atoms with Crippen LogP contribution in [0.4, 0.5) is 0 Å². The third-order valence-electron chi connectivity index (χ3n) is 4.82. The van der Waals surface area contributed by atoms with E-state index in [9.17, 15) is 4.79 Å². The molecule has 5 nitrogen and oxygen atoms in total. The van der Waals surface area contributed by atoms with Gasteiger partial charge in [0.05, 0.1) is 11.4 Å². The number of rotatable bonds is 6. The van der Waals surface area contributed by atoms with Gasteiger partial charge in [-0.05, 0) is 75.6 Å². The molecule has 5 heteroatoms. The molecular formula is C25H30N2O3. The van der Waals surface area contributed by atoms with Gasteiger partial charge in [0.2, 0.25) is 5.88 Å². The summed E-state index contributed by atoms with van der Waals surface area (Å²) >= 11 is 0. The lowest BCUT2D eigenvalue weighted by atomic mass is 9.96. The Balaban J connectivity index is 1.75. The van der Waals surface area contributed by atoms with Crippen LogP contribution in [-0.4, -0.2) is 16.6 Å². The maximum Gasteiger partial charge on any atom is 0.313 e. The highest BCUT2D eigenvalue weighted by Crippen LogP contribution is 2.28. The zero-order valence-electron chi connectivity index (χ0n) is 18.3. The summed E-state index contributed by atoms with van der Waals surface area (Å²) in [7, 11) is 0. The van der Waals surface area contributed by atoms with E-state index in [0.717, 1.165) is 22.0 Å². The van der Waals surface area contributed by atoms with Gasteiger partial charge in [0.25, 0.3) is 0 Å². The van der Waals surface area contributed by atoms with Crippen molar-refractivity contribution in [3.8, 4) is 11.6 Å². The summed E-state index contributed by atoms with van der Waals surface area (Å²) in [6.45, 7) is 9.57. The second kappa shape index (κ2) is 8.84. The molecule has 3 rings (SSSR count). The van der Waals surface area contributed by atoms with Crippen LogP contribution in [0.25, 0.3) is 10.9 Å². The summed E-state index contributed by atoms with van der Waals surface area (Å²) < 4.78 is 11.5. The maximum atomic E-state index is 12.5. The standard InChI is InChI=1S/C25H30N2O3/c1-6-21(24(28)30-25(3,4)5)17-7-11-20(12-8-17)29-23-14-10-19-15-18(16(2)26)9-13-22(19)27-23/h7-16,21H,6,26H2,1-5H3. The van der Waals surface area contributed by atoms with E-state index in [-0.39, 0.29) is 17.9 Å². The van der Waals surface area contributed by atoms with Crippen molar-refractivity contribution in [1.82, 2.24) is 4.98 Å². The Morgan fingerprint density at radius 1 is 1.03 bits per heavy atom. The van der Waals surface area contributed by atoms with Crippen molar-refractivity contribution in [3.05, 3.63) is 65.7 Å². The number of fused-ring (bicyclic) bond motifs is 1. The molecule has 0 aliphatic rings. The summed E-state index contributed by atoms with van der Waals surface area (Å²) in [6, 6.07) is 17.3. The number of carbonyl (C=O) groups is 1. The Morgan fingerprint density at radius 3 is 2.30 bits per heavy atom. The molecule has 1 heterocycles. The van der Waals surface area contributed by atoms with Crippen LogP contribution in [0.15, 0.2) is 54.6 Å². The van der Waals surface area contributed by atoms with Crippen LogP contribution < -0.4 is 10.5 Å². The summed E-state index contributed by atoms with van der Waals surface area (Å²) in [6.07, 6.45) is 0.671. The van der Waals surface area contributed by atoms with Crippen molar-refractivity contribution in [2.24, 2.45) is 5.73 Å². The molecule has 0 radical (unpaired) electrons. The van der Waals surface area contributed by atoms with E-state index in [1.807, 2.05) is 89.2 Å². The molecule has 0 fully saturated rings. The van der Waals surface area contributed by atoms with Crippen LogP contribution in [0.1, 0.15) is 64.1 Å². The van der Waals surface area contributed by atoms with Crippen molar-refractivity contribution >= 4 is 16.9 Å². The van der Waals surface area contributed by atoms with Gasteiger partial charge in [-0.25, -0.2) is 4.98 Å². The third kappa shape index (κ3) is 5.36. The summed E-state index contributed by atoms with van der Waals surface area (Å²) in [4.78, 5) is 17.1. The molecule has 0 saturated carbocycles. The molecule has 30 heavy (non-hydrogen) atoms. The molecule has 3 aromatic rings. The highest BCUT2D eigenvalue weighted by molar-refractivity contribution is 5.80. The molecule has 158 valence electrons. The molecular weight excluding hydrogens is 376 g/mol. The summed E-state index contributed by atoms with van der Waals surface area (Å²) in [5, 5.41) is 1.02. The Labute approximate surface area is 178 Å². The van der Waals surface area contributed by atoms with Gasteiger partial charge in [0.15, 0.2) is 0 Å². The Hall–Kier alpha value is -2.92. The molecule has 0 spiro atoms. The van der Waals surface area contributed by atoms with E-state index >= 15 is 0 Å². The minimum atomic E-state index is -0.502. The first-order valence-electron chi connectivity index (χ1n) is 10.3. The van der Waals surface area contributed by atoms with Gasteiger partial charge in [-0.15, -0.1) is 0 Å². The minimum Gasteiger partial charge on any atom is -0.459 e. The van der Waals surface area contributed by atoms with Gasteiger partial charge < -0.3 is 15.2 Å². The predicted molar refractivity (Wildman–Crippen MR) is 120 cm³/mol. The molecule has 0 saturated heterocycles. The normalized spacial score (nSPS) is 13.7. The first-order chi connectivity index (χ1) is 14.2. The SMILES string of the molecule is CCC(C(=O)OC(C)(C)C)c1ccc(Oc2ccc3cc(C(C)N)ccc3n2)cc1. The van der Waals surface area contributed by atoms with Gasteiger partial charge in [0.1, 0.15) is 11.4 Å². The highest BCUT2D eigenvalue weighted by Gasteiger charge is 2.25. The first-order valence-corrected chi connectivity index (χ1v) is 10.3. The van der Waals surface area contributed by atoms with E-state index in [2.05, 4.69) is 4.98 Å². The Morgan fingerprint density at radius 2 is 1.70 bits per heavy atom. The average molecular weight is 407 g/mol. The van der Waals surface area contributed by atoms with Gasteiger partial charge in [-0.3, -0.25) is 4.79 Å². The van der Waals surface area contributed by atoms with Gasteiger partial charge in [-0.2, -0.15) is 0 Å². The van der Waals surface area contributed by atoms with Crippen molar-refractivity contribution in [3.63, 3.8) is 0 Å². The van der Waals surface area contributed by atoms with Gasteiger partial charge >= 0.3 is 5.97 Å². The molecule has 2 atom stereocenters. The highest BCUT2D eigenvalue weighted by atomic mass is 16.6. The zero-order chi connectivity index (χ0) is 21.9. The van der Waals surface area contributed by atoms with Crippen molar-refractivity contribution in [1.29, 1.82) is 0 Å². The molecule has 0 aliphatic heterocycles. The predicted octanol–water partition coefficient (Wildman–Crippen LogP) is 5.88. The van der Waals surface area contributed by atoms with Crippen LogP contribution >= 0.6 is 0 Å². The molecule has 2 aromatic carbocycles. The van der Waals surface area contributed by atoms with E-state index in [4.69, 9.17) is 15.2 Å². The van der Waals surface area contributed by atoms with E-state index in [1.54, 1.807) is 0 Å². The van der Waals surface area contributed by atoms with Crippen molar-refractivity contribution < 1.29 is 14.3 Å². The van der Waals surface area contributed by atoms with Crippen LogP contribution in [0.2, 0.25) is 0 Å². The molecule has 0 amide bonds. The number of ether oxygens (including phenoxy) is 2. The number of carbonyl (C=O) groups excluding carboxylic acids is 1. The fraction of sp³-hybridized carbons (Fsp3) is 0.360. The summed E-state index contributed by atoms with van der Waals surface area (Å²) in [5.41, 5.74) is 8.29. The van der Waals surface area contributed by atoms with Crippen molar-refractivity contribution in [2.45, 2.75) is 58.6 Å². The van der Waals surface area contributed by atoms with E-state index in [0.29, 0.717) is 18.1 Å². The lowest BCUT2D eigenvalue weighted by molar-refractivity contribution is -0.156. The second-order valence-electron chi connectivity index (χ2n) is 8.56. The number of hydrogen-bond acceptors (Lipinski definition) is 5. The van der Waals surface area contributed by atoms with Crippen LogP contribution in [0, 0.1) is 0 Å². The Kier molecular flexibility index (Phi) is 6.42. The molecule has 1 aromatic heterocycles. The number of aromatic nitrogens is 1. The number of pyridine rings is 1. The minimum absolute atomic E-state index is 0.0172. The van der Waals surface area contributed by atoms with Gasteiger partial charge in [0, 0.05) is 17.5 Å². The topological polar surface area (TPSA) is 74.4 Å². The average Bonchev–Trinajstić information content (AvgIpc) is 2.68. The molecule has 2 unspecified atom stereocenters. The quantitative estimate of drug-likeness (QED) is 0.517. The van der Waals surface area contributed by atoms with Crippen molar-refractivity contribution in [2.75, 3.05) is 0 Å². The number of nitrogens with two attached hydrogens (primary N) is 1. The largest absolute Gasteiger partial charge is 0.459 e. The lowest BCUT2D eigenvalue weighted by Gasteiger charge is -2.23. The monoisotopic (exact) mass is 406 g/mol. The van der Waals surface area contributed by atoms with Crippen LogP contribution in [0.5, 0.6) is 11.6 Å². The zero-order valence-corrected chi connectivity index (χ0v) is 18.3. The van der Waals surface area contributed by atoms with E-state index < -0.39 is 5.60 Å². The first kappa shape index (κ1) is 21.8. The van der Waals surface area contributed by atoms with Gasteiger partial charge in [-0.1, -0.05) is 25.1 Å². The summed E-state index contributed by atoms with van der Waals surface area (Å²) in [5.74, 6) is 0.678. The number of benzene rings is 2. The second-order valence-corrected chi connectivity index (χ2v) is 8.56. The van der Waals surface area contributed by atoms with Crippen LogP contribution in [-0.2, 0) is 9.53 Å². The fourth-order valence-corrected chi connectivity index (χ4v) is 3.27. The number of hydrogen-bond donors (Lipinski definition) is 1. The lowest BCUT2D eigenvalue weighted by Crippen LogP contribution is -2.27. The maximum absolute atomic E-state index is 12.5. The smallest absolute Gasteiger partial charge is 0.313 e. The van der Waals surface area contributed by atoms with Crippen LogP contribution in [0.3, 0.4) is 0 Å². The third-order valence-corrected chi connectivity index (χ3v) is 4.82. The molecule has 0 aliphatic carbocycles. The van der Waals surface area contributed by atoms with E-state index in [1.165, 1.54) is 0 Å². The number of esters is 1. The molecule has 0 bridgehead atoms. The molecule has 2 N–H and O–H groups in total.